The van der Waals surface area contributed by atoms with Crippen LogP contribution >= 0.6 is 0 Å². The Balaban J connectivity index is 2.12. The highest BCUT2D eigenvalue weighted by Crippen LogP contribution is 2.21. The molecule has 0 unspecified atom stereocenters. The molecule has 0 aliphatic carbocycles. The Morgan fingerprint density at radius 3 is 2.48 bits per heavy atom. The van der Waals surface area contributed by atoms with E-state index in [1.54, 1.807) is 13.8 Å². The predicted octanol–water partition coefficient (Wildman–Crippen LogP) is 0.215. The fourth-order valence-electron chi connectivity index (χ4n) is 2.96. The van der Waals surface area contributed by atoms with Crippen LogP contribution in [0.3, 0.4) is 0 Å². The minimum absolute atomic E-state index is 0.156. The van der Waals surface area contributed by atoms with Crippen LogP contribution < -0.4 is 0 Å². The molecule has 0 bridgehead atoms. The molecule has 0 aromatic rings. The number of piperazine rings is 1. The van der Waals surface area contributed by atoms with Gasteiger partial charge in [-0.05, 0) is 33.1 Å². The van der Waals surface area contributed by atoms with Crippen molar-refractivity contribution in [1.82, 2.24) is 14.7 Å². The van der Waals surface area contributed by atoms with Crippen LogP contribution in [0.25, 0.3) is 0 Å². The SMILES string of the molecule is CCOC(=O)[C@H]1CCCCN1C(=O)N1CCN(CC)C(=O)C1=O. The van der Waals surface area contributed by atoms with Crippen molar-refractivity contribution in [3.63, 3.8) is 0 Å². The number of likely N-dealkylation sites (N-methyl/N-ethyl adjacent to an activating group) is 1. The lowest BCUT2D eigenvalue weighted by Crippen LogP contribution is -2.61. The quantitative estimate of drug-likeness (QED) is 0.547. The molecule has 8 nitrogen and oxygen atoms in total. The maximum Gasteiger partial charge on any atom is 0.328 e. The van der Waals surface area contributed by atoms with E-state index in [0.29, 0.717) is 26.1 Å². The molecule has 128 valence electrons. The number of esters is 1. The number of imide groups is 1. The molecular formula is C15H23N3O5. The number of likely N-dealkylation sites (tertiary alicyclic amines) is 1. The molecular weight excluding hydrogens is 302 g/mol. The van der Waals surface area contributed by atoms with Gasteiger partial charge in [-0.1, -0.05) is 0 Å². The summed E-state index contributed by atoms with van der Waals surface area (Å²) in [5, 5.41) is 0. The van der Waals surface area contributed by atoms with Crippen molar-refractivity contribution in [3.05, 3.63) is 0 Å². The van der Waals surface area contributed by atoms with E-state index >= 15 is 0 Å². The van der Waals surface area contributed by atoms with Crippen molar-refractivity contribution in [2.45, 2.75) is 39.2 Å². The van der Waals surface area contributed by atoms with E-state index in [9.17, 15) is 19.2 Å². The van der Waals surface area contributed by atoms with Gasteiger partial charge in [-0.3, -0.25) is 14.5 Å². The van der Waals surface area contributed by atoms with Crippen molar-refractivity contribution in [3.8, 4) is 0 Å². The molecule has 8 heteroatoms. The summed E-state index contributed by atoms with van der Waals surface area (Å²) >= 11 is 0. The smallest absolute Gasteiger partial charge is 0.328 e. The van der Waals surface area contributed by atoms with Gasteiger partial charge < -0.3 is 14.5 Å². The summed E-state index contributed by atoms with van der Waals surface area (Å²) in [6, 6.07) is -1.25. The molecule has 0 saturated carbocycles. The van der Waals surface area contributed by atoms with Gasteiger partial charge in [0.2, 0.25) is 0 Å². The zero-order chi connectivity index (χ0) is 17.0. The van der Waals surface area contributed by atoms with Gasteiger partial charge in [0.1, 0.15) is 6.04 Å². The minimum atomic E-state index is -0.823. The molecule has 2 aliphatic rings. The first-order chi connectivity index (χ1) is 11.0. The molecule has 2 rings (SSSR count). The number of hydrogen-bond donors (Lipinski definition) is 0. The number of rotatable bonds is 3. The largest absolute Gasteiger partial charge is 0.464 e. The zero-order valence-corrected chi connectivity index (χ0v) is 13.6. The molecule has 4 amide bonds. The minimum Gasteiger partial charge on any atom is -0.464 e. The number of carbonyl (C=O) groups excluding carboxylic acids is 4. The fourth-order valence-corrected chi connectivity index (χ4v) is 2.96. The molecule has 2 fully saturated rings. The average molecular weight is 325 g/mol. The number of hydrogen-bond acceptors (Lipinski definition) is 5. The van der Waals surface area contributed by atoms with Crippen LogP contribution in [0.2, 0.25) is 0 Å². The molecule has 1 atom stereocenters. The van der Waals surface area contributed by atoms with Gasteiger partial charge in [-0.25, -0.2) is 9.59 Å². The van der Waals surface area contributed by atoms with Gasteiger partial charge in [-0.15, -0.1) is 0 Å². The lowest BCUT2D eigenvalue weighted by molar-refractivity contribution is -0.155. The van der Waals surface area contributed by atoms with Crippen molar-refractivity contribution >= 4 is 23.8 Å². The summed E-state index contributed by atoms with van der Waals surface area (Å²) in [5.74, 6) is -1.94. The third kappa shape index (κ3) is 3.46. The first kappa shape index (κ1) is 17.2. The third-order valence-electron chi connectivity index (χ3n) is 4.23. The maximum atomic E-state index is 12.7. The normalized spacial score (nSPS) is 22.3. The second-order valence-electron chi connectivity index (χ2n) is 5.58. The van der Waals surface area contributed by atoms with Crippen molar-refractivity contribution < 1.29 is 23.9 Å². The van der Waals surface area contributed by atoms with Crippen LogP contribution in [0.1, 0.15) is 33.1 Å². The summed E-state index contributed by atoms with van der Waals surface area (Å²) in [7, 11) is 0. The van der Waals surface area contributed by atoms with E-state index in [0.717, 1.165) is 17.7 Å². The second kappa shape index (κ2) is 7.43. The Labute approximate surface area is 135 Å². The summed E-state index contributed by atoms with van der Waals surface area (Å²) in [5.41, 5.74) is 0. The molecule has 0 aromatic carbocycles. The van der Waals surface area contributed by atoms with Crippen molar-refractivity contribution in [2.24, 2.45) is 0 Å². The summed E-state index contributed by atoms with van der Waals surface area (Å²) < 4.78 is 5.02. The summed E-state index contributed by atoms with van der Waals surface area (Å²) in [6.07, 6.45) is 2.10. The number of piperidine rings is 1. The number of amides is 4. The van der Waals surface area contributed by atoms with Crippen LogP contribution in [0.4, 0.5) is 4.79 Å². The molecule has 0 spiro atoms. The Hall–Kier alpha value is -2.12. The molecule has 23 heavy (non-hydrogen) atoms. The molecule has 2 heterocycles. The maximum absolute atomic E-state index is 12.7. The van der Waals surface area contributed by atoms with Crippen LogP contribution in [0.15, 0.2) is 0 Å². The predicted molar refractivity (Wildman–Crippen MR) is 80.3 cm³/mol. The zero-order valence-electron chi connectivity index (χ0n) is 13.6. The first-order valence-corrected chi connectivity index (χ1v) is 8.09. The fraction of sp³-hybridized carbons (Fsp3) is 0.733. The topological polar surface area (TPSA) is 87.2 Å². The highest BCUT2D eigenvalue weighted by Gasteiger charge is 2.41. The second-order valence-corrected chi connectivity index (χ2v) is 5.58. The Morgan fingerprint density at radius 1 is 1.09 bits per heavy atom. The van der Waals surface area contributed by atoms with Gasteiger partial charge in [-0.2, -0.15) is 0 Å². The van der Waals surface area contributed by atoms with Crippen LogP contribution in [-0.2, 0) is 19.1 Å². The van der Waals surface area contributed by atoms with Gasteiger partial charge in [0.05, 0.1) is 6.61 Å². The van der Waals surface area contributed by atoms with E-state index in [1.165, 1.54) is 9.80 Å². The number of ether oxygens (including phenoxy) is 1. The third-order valence-corrected chi connectivity index (χ3v) is 4.23. The van der Waals surface area contributed by atoms with Crippen molar-refractivity contribution in [2.75, 3.05) is 32.8 Å². The Kier molecular flexibility index (Phi) is 5.57. The standard InChI is InChI=1S/C15H23N3O5/c1-3-16-9-10-18(13(20)12(16)19)15(22)17-8-6-5-7-11(17)14(21)23-4-2/h11H,3-10H2,1-2H3/t11-/m1/s1. The van der Waals surface area contributed by atoms with E-state index in [-0.39, 0.29) is 13.2 Å². The number of carbonyl (C=O) groups is 4. The molecule has 2 saturated heterocycles. The van der Waals surface area contributed by atoms with Gasteiger partial charge in [0.15, 0.2) is 0 Å². The molecule has 0 N–H and O–H groups in total. The Morgan fingerprint density at radius 2 is 1.83 bits per heavy atom. The van der Waals surface area contributed by atoms with Gasteiger partial charge in [0.25, 0.3) is 0 Å². The summed E-state index contributed by atoms with van der Waals surface area (Å²) in [4.78, 5) is 52.5. The average Bonchev–Trinajstić information content (AvgIpc) is 2.57. The molecule has 0 aromatic heterocycles. The summed E-state index contributed by atoms with van der Waals surface area (Å²) in [6.45, 7) is 5.03. The lowest BCUT2D eigenvalue weighted by atomic mass is 10.0. The number of urea groups is 1. The van der Waals surface area contributed by atoms with Crippen LogP contribution in [-0.4, -0.2) is 77.3 Å². The van der Waals surface area contributed by atoms with Gasteiger partial charge >= 0.3 is 23.8 Å². The Bertz CT molecular complexity index is 507. The van der Waals surface area contributed by atoms with Crippen LogP contribution in [0.5, 0.6) is 0 Å². The van der Waals surface area contributed by atoms with E-state index in [2.05, 4.69) is 0 Å². The van der Waals surface area contributed by atoms with E-state index < -0.39 is 29.9 Å². The van der Waals surface area contributed by atoms with Gasteiger partial charge in [0, 0.05) is 26.2 Å². The van der Waals surface area contributed by atoms with Crippen molar-refractivity contribution in [1.29, 1.82) is 0 Å². The highest BCUT2D eigenvalue weighted by atomic mass is 16.5. The molecule has 2 aliphatic heterocycles. The first-order valence-electron chi connectivity index (χ1n) is 8.09. The highest BCUT2D eigenvalue weighted by molar-refractivity contribution is 6.38. The van der Waals surface area contributed by atoms with E-state index in [4.69, 9.17) is 4.74 Å². The lowest BCUT2D eigenvalue weighted by Gasteiger charge is -2.39. The van der Waals surface area contributed by atoms with E-state index in [1.807, 2.05) is 0 Å². The molecule has 0 radical (unpaired) electrons. The van der Waals surface area contributed by atoms with Crippen LogP contribution in [0, 0.1) is 0 Å². The number of nitrogens with zero attached hydrogens (tertiary/aromatic N) is 3. The monoisotopic (exact) mass is 325 g/mol.